The van der Waals surface area contributed by atoms with Gasteiger partial charge in [0.1, 0.15) is 5.82 Å². The second kappa shape index (κ2) is 5.40. The van der Waals surface area contributed by atoms with Gasteiger partial charge in [0.2, 0.25) is 0 Å². The van der Waals surface area contributed by atoms with Gasteiger partial charge in [0, 0.05) is 34.8 Å². The zero-order valence-electron chi connectivity index (χ0n) is 12.9. The van der Waals surface area contributed by atoms with Crippen molar-refractivity contribution < 1.29 is 0 Å². The summed E-state index contributed by atoms with van der Waals surface area (Å²) in [4.78, 5) is 8.03. The number of H-pyrrole nitrogens is 2. The van der Waals surface area contributed by atoms with Gasteiger partial charge in [-0.15, -0.1) is 0 Å². The first-order valence-electron chi connectivity index (χ1n) is 7.68. The van der Waals surface area contributed by atoms with Crippen LogP contribution in [-0.2, 0) is 6.54 Å². The summed E-state index contributed by atoms with van der Waals surface area (Å²) in [6.07, 6.45) is 1.81. The van der Waals surface area contributed by atoms with Gasteiger partial charge in [-0.1, -0.05) is 19.1 Å². The van der Waals surface area contributed by atoms with Gasteiger partial charge in [-0.2, -0.15) is 5.10 Å². The first kappa shape index (κ1) is 13.8. The van der Waals surface area contributed by atoms with Crippen LogP contribution in [0.4, 0.5) is 5.82 Å². The Bertz CT molecular complexity index is 968. The predicted molar refractivity (Wildman–Crippen MR) is 93.0 cm³/mol. The Hall–Kier alpha value is -2.86. The Morgan fingerprint density at radius 3 is 2.87 bits per heavy atom. The molecule has 0 aliphatic carbocycles. The number of aromatic amines is 2. The second-order valence-electron chi connectivity index (χ2n) is 5.55. The number of hydrogen-bond donors (Lipinski definition) is 4. The molecular formula is C17H18N6. The molecule has 0 aliphatic rings. The van der Waals surface area contributed by atoms with Crippen molar-refractivity contribution in [3.63, 3.8) is 0 Å². The smallest absolute Gasteiger partial charge is 0.133 e. The van der Waals surface area contributed by atoms with Crippen LogP contribution in [0, 0.1) is 0 Å². The predicted octanol–water partition coefficient (Wildman–Crippen LogP) is 2.80. The lowest BCUT2D eigenvalue weighted by Gasteiger charge is -2.04. The molecule has 6 heteroatoms. The van der Waals surface area contributed by atoms with E-state index in [4.69, 9.17) is 5.73 Å². The highest BCUT2D eigenvalue weighted by molar-refractivity contribution is 6.08. The lowest BCUT2D eigenvalue weighted by Crippen LogP contribution is -2.11. The Morgan fingerprint density at radius 1 is 1.17 bits per heavy atom. The third-order valence-electron chi connectivity index (χ3n) is 4.02. The number of nitrogens with two attached hydrogens (primary N) is 1. The third kappa shape index (κ3) is 2.33. The molecule has 0 saturated heterocycles. The Morgan fingerprint density at radius 2 is 2.09 bits per heavy atom. The van der Waals surface area contributed by atoms with Crippen molar-refractivity contribution in [1.82, 2.24) is 25.5 Å². The zero-order valence-corrected chi connectivity index (χ0v) is 12.9. The van der Waals surface area contributed by atoms with Crippen LogP contribution in [0.15, 0.2) is 36.5 Å². The number of nitrogens with zero attached hydrogens (tertiary/aromatic N) is 2. The van der Waals surface area contributed by atoms with Crippen LogP contribution in [0.1, 0.15) is 12.6 Å². The molecule has 0 fully saturated rings. The van der Waals surface area contributed by atoms with Crippen molar-refractivity contribution in [2.75, 3.05) is 12.3 Å². The lowest BCUT2D eigenvalue weighted by molar-refractivity contribution is 0.715. The minimum atomic E-state index is 0.547. The quantitative estimate of drug-likeness (QED) is 0.466. The van der Waals surface area contributed by atoms with E-state index in [0.717, 1.165) is 51.8 Å². The number of nitrogens with one attached hydrogen (secondary N) is 3. The van der Waals surface area contributed by atoms with Crippen LogP contribution in [-0.4, -0.2) is 26.7 Å². The minimum Gasteiger partial charge on any atom is -0.383 e. The van der Waals surface area contributed by atoms with Gasteiger partial charge in [-0.05, 0) is 24.7 Å². The van der Waals surface area contributed by atoms with Crippen molar-refractivity contribution in [3.8, 4) is 11.3 Å². The number of nitrogen functional groups attached to an aromatic ring is 1. The summed E-state index contributed by atoms with van der Waals surface area (Å²) in [6.45, 7) is 3.80. The maximum Gasteiger partial charge on any atom is 0.133 e. The van der Waals surface area contributed by atoms with E-state index in [0.29, 0.717) is 5.82 Å². The molecule has 0 atom stereocenters. The van der Waals surface area contributed by atoms with Crippen LogP contribution >= 0.6 is 0 Å². The average molecular weight is 306 g/mol. The largest absolute Gasteiger partial charge is 0.383 e. The highest BCUT2D eigenvalue weighted by Crippen LogP contribution is 2.30. The summed E-state index contributed by atoms with van der Waals surface area (Å²) < 4.78 is 0. The number of aromatic nitrogens is 4. The SMILES string of the molecule is CCNCc1cc2c(N)nc3cc(-c4cc[nH]n4)ccc3c2[nH]1. The van der Waals surface area contributed by atoms with Gasteiger partial charge < -0.3 is 16.0 Å². The summed E-state index contributed by atoms with van der Waals surface area (Å²) in [7, 11) is 0. The first-order valence-corrected chi connectivity index (χ1v) is 7.68. The van der Waals surface area contributed by atoms with Crippen molar-refractivity contribution in [1.29, 1.82) is 0 Å². The molecule has 3 heterocycles. The summed E-state index contributed by atoms with van der Waals surface area (Å²) in [5.41, 5.74) is 11.1. The molecule has 0 saturated carbocycles. The topological polar surface area (TPSA) is 95.4 Å². The van der Waals surface area contributed by atoms with E-state index in [1.54, 1.807) is 0 Å². The standard InChI is InChI=1S/C17H18N6/c1-2-19-9-11-8-13-16(21-11)12-4-3-10(14-5-6-20-23-14)7-15(12)22-17(13)18/h3-8,19,21H,2,9H2,1H3,(H2,18,22)(H,20,23). The van der Waals surface area contributed by atoms with E-state index in [2.05, 4.69) is 50.6 Å². The summed E-state index contributed by atoms with van der Waals surface area (Å²) in [6, 6.07) is 10.2. The van der Waals surface area contributed by atoms with Crippen molar-refractivity contribution in [3.05, 3.63) is 42.2 Å². The monoisotopic (exact) mass is 306 g/mol. The fourth-order valence-electron chi connectivity index (χ4n) is 2.89. The van der Waals surface area contributed by atoms with Crippen LogP contribution in [0.2, 0.25) is 0 Å². The molecule has 23 heavy (non-hydrogen) atoms. The second-order valence-corrected chi connectivity index (χ2v) is 5.55. The zero-order chi connectivity index (χ0) is 15.8. The van der Waals surface area contributed by atoms with Crippen molar-refractivity contribution in [2.45, 2.75) is 13.5 Å². The van der Waals surface area contributed by atoms with Gasteiger partial charge >= 0.3 is 0 Å². The van der Waals surface area contributed by atoms with Crippen molar-refractivity contribution >= 4 is 27.6 Å². The van der Waals surface area contributed by atoms with E-state index in [-0.39, 0.29) is 0 Å². The molecule has 4 rings (SSSR count). The molecule has 4 aromatic rings. The van der Waals surface area contributed by atoms with Gasteiger partial charge in [-0.25, -0.2) is 4.98 Å². The molecular weight excluding hydrogens is 288 g/mol. The number of anilines is 1. The van der Waals surface area contributed by atoms with E-state index >= 15 is 0 Å². The summed E-state index contributed by atoms with van der Waals surface area (Å²) in [5, 5.41) is 12.4. The van der Waals surface area contributed by atoms with Crippen molar-refractivity contribution in [2.24, 2.45) is 0 Å². The molecule has 0 aliphatic heterocycles. The molecule has 0 spiro atoms. The normalized spacial score (nSPS) is 11.5. The number of hydrogen-bond acceptors (Lipinski definition) is 4. The van der Waals surface area contributed by atoms with E-state index in [1.165, 1.54) is 0 Å². The van der Waals surface area contributed by atoms with E-state index < -0.39 is 0 Å². The highest BCUT2D eigenvalue weighted by atomic mass is 15.1. The average Bonchev–Trinajstić information content (AvgIpc) is 3.22. The molecule has 116 valence electrons. The molecule has 0 amide bonds. The van der Waals surface area contributed by atoms with Gasteiger partial charge in [0.15, 0.2) is 0 Å². The lowest BCUT2D eigenvalue weighted by atomic mass is 10.1. The maximum atomic E-state index is 6.16. The number of fused-ring (bicyclic) bond motifs is 3. The van der Waals surface area contributed by atoms with Crippen LogP contribution in [0.25, 0.3) is 33.1 Å². The number of pyridine rings is 1. The third-order valence-corrected chi connectivity index (χ3v) is 4.02. The van der Waals surface area contributed by atoms with Gasteiger partial charge in [-0.3, -0.25) is 5.10 Å². The summed E-state index contributed by atoms with van der Waals surface area (Å²) >= 11 is 0. The number of benzene rings is 1. The Balaban J connectivity index is 1.89. The molecule has 0 radical (unpaired) electrons. The molecule has 3 aromatic heterocycles. The molecule has 1 aromatic carbocycles. The van der Waals surface area contributed by atoms with Crippen LogP contribution < -0.4 is 11.1 Å². The van der Waals surface area contributed by atoms with E-state index in [1.807, 2.05) is 18.3 Å². The van der Waals surface area contributed by atoms with E-state index in [9.17, 15) is 0 Å². The number of rotatable bonds is 4. The highest BCUT2D eigenvalue weighted by Gasteiger charge is 2.11. The Kier molecular flexibility index (Phi) is 3.24. The molecule has 0 bridgehead atoms. The summed E-state index contributed by atoms with van der Waals surface area (Å²) in [5.74, 6) is 0.547. The fourth-order valence-corrected chi connectivity index (χ4v) is 2.89. The first-order chi connectivity index (χ1) is 11.3. The van der Waals surface area contributed by atoms with Gasteiger partial charge in [0.25, 0.3) is 0 Å². The molecule has 5 N–H and O–H groups in total. The van der Waals surface area contributed by atoms with Gasteiger partial charge in [0.05, 0.1) is 16.7 Å². The Labute approximate surface area is 133 Å². The van der Waals surface area contributed by atoms with Crippen LogP contribution in [0.5, 0.6) is 0 Å². The minimum absolute atomic E-state index is 0.547. The fraction of sp³-hybridized carbons (Fsp3) is 0.176. The maximum absolute atomic E-state index is 6.16. The molecule has 6 nitrogen and oxygen atoms in total. The van der Waals surface area contributed by atoms with Crippen LogP contribution in [0.3, 0.4) is 0 Å². The molecule has 0 unspecified atom stereocenters.